The lowest BCUT2D eigenvalue weighted by Gasteiger charge is -2.26. The molecule has 1 aromatic rings. The molecule has 1 atom stereocenters. The summed E-state index contributed by atoms with van der Waals surface area (Å²) in [5, 5.41) is 2.86. The minimum absolute atomic E-state index is 0.00625. The van der Waals surface area contributed by atoms with Crippen molar-refractivity contribution in [2.24, 2.45) is 0 Å². The van der Waals surface area contributed by atoms with Gasteiger partial charge in [-0.1, -0.05) is 18.2 Å². The van der Waals surface area contributed by atoms with Crippen molar-refractivity contribution in [2.45, 2.75) is 31.7 Å². The number of halogens is 1. The quantitative estimate of drug-likeness (QED) is 0.751. The van der Waals surface area contributed by atoms with Crippen LogP contribution in [0.3, 0.4) is 0 Å². The Labute approximate surface area is 88.5 Å². The van der Waals surface area contributed by atoms with Crippen LogP contribution in [0.1, 0.15) is 31.7 Å². The average molecular weight is 207 g/mol. The maximum Gasteiger partial charge on any atom is 0.221 e. The highest BCUT2D eigenvalue weighted by molar-refractivity contribution is 5.81. The van der Waals surface area contributed by atoms with Crippen LogP contribution in [0.4, 0.5) is 4.39 Å². The summed E-state index contributed by atoms with van der Waals surface area (Å²) in [4.78, 5) is 11.3. The Kier molecular flexibility index (Phi) is 2.25. The summed E-state index contributed by atoms with van der Waals surface area (Å²) in [7, 11) is 0. The highest BCUT2D eigenvalue weighted by Crippen LogP contribution is 2.36. The van der Waals surface area contributed by atoms with E-state index in [0.29, 0.717) is 12.0 Å². The molecule has 0 spiro atoms. The van der Waals surface area contributed by atoms with Crippen molar-refractivity contribution >= 4 is 5.91 Å². The van der Waals surface area contributed by atoms with E-state index in [0.717, 1.165) is 0 Å². The molecule has 1 saturated heterocycles. The molecule has 1 aliphatic rings. The third-order valence-corrected chi connectivity index (χ3v) is 3.00. The fourth-order valence-corrected chi connectivity index (χ4v) is 2.19. The Morgan fingerprint density at radius 2 is 2.07 bits per heavy atom. The Morgan fingerprint density at radius 3 is 2.60 bits per heavy atom. The number of amides is 1. The monoisotopic (exact) mass is 207 g/mol. The van der Waals surface area contributed by atoms with Gasteiger partial charge in [0.2, 0.25) is 5.91 Å². The molecule has 1 aliphatic heterocycles. The molecule has 2 nitrogen and oxygen atoms in total. The van der Waals surface area contributed by atoms with E-state index in [-0.39, 0.29) is 23.2 Å². The molecule has 0 aliphatic carbocycles. The van der Waals surface area contributed by atoms with E-state index in [9.17, 15) is 9.18 Å². The number of carbonyl (C=O) groups excluding carboxylic acids is 1. The van der Waals surface area contributed by atoms with Crippen LogP contribution < -0.4 is 5.32 Å². The molecule has 15 heavy (non-hydrogen) atoms. The van der Waals surface area contributed by atoms with Gasteiger partial charge in [-0.05, 0) is 25.5 Å². The normalized spacial score (nSPS) is 23.9. The van der Waals surface area contributed by atoms with E-state index in [1.807, 2.05) is 13.8 Å². The van der Waals surface area contributed by atoms with Gasteiger partial charge in [-0.25, -0.2) is 4.39 Å². The van der Waals surface area contributed by atoms with Gasteiger partial charge in [-0.3, -0.25) is 4.79 Å². The van der Waals surface area contributed by atoms with Crippen molar-refractivity contribution in [3.8, 4) is 0 Å². The molecule has 0 saturated carbocycles. The minimum atomic E-state index is -0.362. The lowest BCUT2D eigenvalue weighted by Crippen LogP contribution is -2.38. The first kappa shape index (κ1) is 10.1. The van der Waals surface area contributed by atoms with E-state index >= 15 is 0 Å². The third kappa shape index (κ3) is 1.74. The lowest BCUT2D eigenvalue weighted by molar-refractivity contribution is -0.119. The predicted molar refractivity (Wildman–Crippen MR) is 56.0 cm³/mol. The van der Waals surface area contributed by atoms with Crippen molar-refractivity contribution in [1.29, 1.82) is 0 Å². The van der Waals surface area contributed by atoms with Gasteiger partial charge in [-0.15, -0.1) is 0 Å². The standard InChI is InChI=1S/C12H14FNO/c1-12(2)9(7-11(15)14-12)8-5-3-4-6-10(8)13/h3-6,9H,7H2,1-2H3,(H,14,15). The first-order chi connectivity index (χ1) is 7.00. The van der Waals surface area contributed by atoms with E-state index in [1.54, 1.807) is 18.2 Å². The van der Waals surface area contributed by atoms with Crippen LogP contribution in [0.15, 0.2) is 24.3 Å². The van der Waals surface area contributed by atoms with Crippen LogP contribution in [-0.4, -0.2) is 11.4 Å². The zero-order valence-electron chi connectivity index (χ0n) is 8.88. The van der Waals surface area contributed by atoms with E-state index < -0.39 is 0 Å². The number of nitrogens with one attached hydrogen (secondary N) is 1. The first-order valence-electron chi connectivity index (χ1n) is 5.06. The summed E-state index contributed by atoms with van der Waals surface area (Å²) in [5.74, 6) is -0.313. The second kappa shape index (κ2) is 3.33. The first-order valence-corrected chi connectivity index (χ1v) is 5.06. The van der Waals surface area contributed by atoms with E-state index in [1.165, 1.54) is 6.07 Å². The van der Waals surface area contributed by atoms with Gasteiger partial charge >= 0.3 is 0 Å². The SMILES string of the molecule is CC1(C)NC(=O)CC1c1ccccc1F. The molecule has 0 aromatic heterocycles. The van der Waals surface area contributed by atoms with Crippen LogP contribution in [-0.2, 0) is 4.79 Å². The third-order valence-electron chi connectivity index (χ3n) is 3.00. The second-order valence-corrected chi connectivity index (χ2v) is 4.55. The zero-order chi connectivity index (χ0) is 11.1. The summed E-state index contributed by atoms with van der Waals surface area (Å²) in [6.07, 6.45) is 0.369. The van der Waals surface area contributed by atoms with Gasteiger partial charge in [0.25, 0.3) is 0 Å². The predicted octanol–water partition coefficient (Wildman–Crippen LogP) is 2.21. The molecular weight excluding hydrogens is 193 g/mol. The molecule has 1 unspecified atom stereocenters. The van der Waals surface area contributed by atoms with E-state index in [2.05, 4.69) is 5.32 Å². The minimum Gasteiger partial charge on any atom is -0.351 e. The molecule has 1 aromatic carbocycles. The number of carbonyl (C=O) groups is 1. The molecule has 2 rings (SSSR count). The van der Waals surface area contributed by atoms with Gasteiger partial charge in [0.15, 0.2) is 0 Å². The highest BCUT2D eigenvalue weighted by Gasteiger charge is 2.40. The molecule has 1 amide bonds. The maximum absolute atomic E-state index is 13.6. The van der Waals surface area contributed by atoms with Gasteiger partial charge in [0, 0.05) is 17.9 Å². The molecule has 80 valence electrons. The van der Waals surface area contributed by atoms with Gasteiger partial charge in [-0.2, -0.15) is 0 Å². The summed E-state index contributed by atoms with van der Waals surface area (Å²) in [6, 6.07) is 6.66. The number of benzene rings is 1. The lowest BCUT2D eigenvalue weighted by atomic mass is 9.83. The van der Waals surface area contributed by atoms with Crippen molar-refractivity contribution in [3.63, 3.8) is 0 Å². The zero-order valence-corrected chi connectivity index (χ0v) is 8.88. The van der Waals surface area contributed by atoms with Gasteiger partial charge in [0.1, 0.15) is 5.82 Å². The van der Waals surface area contributed by atoms with Crippen molar-refractivity contribution in [1.82, 2.24) is 5.32 Å². The molecule has 3 heteroatoms. The van der Waals surface area contributed by atoms with Crippen LogP contribution in [0.5, 0.6) is 0 Å². The van der Waals surface area contributed by atoms with E-state index in [4.69, 9.17) is 0 Å². The summed E-state index contributed by atoms with van der Waals surface area (Å²) in [6.45, 7) is 3.85. The molecule has 1 heterocycles. The molecule has 1 fully saturated rings. The average Bonchev–Trinajstić information content (AvgIpc) is 2.40. The fraction of sp³-hybridized carbons (Fsp3) is 0.417. The van der Waals surface area contributed by atoms with Gasteiger partial charge in [0.05, 0.1) is 0 Å². The molecule has 1 N–H and O–H groups in total. The van der Waals surface area contributed by atoms with Gasteiger partial charge < -0.3 is 5.32 Å². The van der Waals surface area contributed by atoms with Crippen molar-refractivity contribution < 1.29 is 9.18 Å². The maximum atomic E-state index is 13.6. The van der Waals surface area contributed by atoms with Crippen LogP contribution in [0.2, 0.25) is 0 Å². The second-order valence-electron chi connectivity index (χ2n) is 4.55. The highest BCUT2D eigenvalue weighted by atomic mass is 19.1. The summed E-state index contributed by atoms with van der Waals surface area (Å²) < 4.78 is 13.6. The molecule has 0 bridgehead atoms. The largest absolute Gasteiger partial charge is 0.351 e. The number of hydrogen-bond acceptors (Lipinski definition) is 1. The Balaban J connectivity index is 2.40. The molecular formula is C12H14FNO. The van der Waals surface area contributed by atoms with Crippen LogP contribution >= 0.6 is 0 Å². The number of rotatable bonds is 1. The number of hydrogen-bond donors (Lipinski definition) is 1. The fourth-order valence-electron chi connectivity index (χ4n) is 2.19. The summed E-state index contributed by atoms with van der Waals surface area (Å²) >= 11 is 0. The topological polar surface area (TPSA) is 29.1 Å². The van der Waals surface area contributed by atoms with Crippen molar-refractivity contribution in [2.75, 3.05) is 0 Å². The van der Waals surface area contributed by atoms with Crippen LogP contribution in [0, 0.1) is 5.82 Å². The van der Waals surface area contributed by atoms with Crippen LogP contribution in [0.25, 0.3) is 0 Å². The Morgan fingerprint density at radius 1 is 1.40 bits per heavy atom. The molecule has 0 radical (unpaired) electrons. The Hall–Kier alpha value is -1.38. The Bertz CT molecular complexity index is 400. The smallest absolute Gasteiger partial charge is 0.221 e. The summed E-state index contributed by atoms with van der Waals surface area (Å²) in [5.41, 5.74) is 0.264. The van der Waals surface area contributed by atoms with Crippen molar-refractivity contribution in [3.05, 3.63) is 35.6 Å².